The molecular weight excluding hydrogens is 342 g/mol. The van der Waals surface area contributed by atoms with Crippen molar-refractivity contribution in [1.29, 1.82) is 0 Å². The Labute approximate surface area is 167 Å². The van der Waals surface area contributed by atoms with Gasteiger partial charge in [-0.2, -0.15) is 0 Å². The zero-order valence-corrected chi connectivity index (χ0v) is 16.8. The number of nitrogens with one attached hydrogen (secondary N) is 1. The Balaban J connectivity index is 2.41. The summed E-state index contributed by atoms with van der Waals surface area (Å²) < 4.78 is 0. The molecule has 0 saturated carbocycles. The summed E-state index contributed by atoms with van der Waals surface area (Å²) in [6.07, 6.45) is 0. The first kappa shape index (κ1) is 19.6. The quantitative estimate of drug-likeness (QED) is 0.432. The molecule has 0 atom stereocenters. The van der Waals surface area contributed by atoms with Crippen molar-refractivity contribution in [1.82, 2.24) is 5.32 Å². The second-order valence-electron chi connectivity index (χ2n) is 7.46. The van der Waals surface area contributed by atoms with Gasteiger partial charge < -0.3 is 5.32 Å². The average molecular weight is 370 g/mol. The topological polar surface area (TPSA) is 29.1 Å². The summed E-state index contributed by atoms with van der Waals surface area (Å²) in [5.74, 6) is 0.149. The molecule has 0 aromatic heterocycles. The Kier molecular flexibility index (Phi) is 5.79. The normalized spacial score (nSPS) is 11.3. The van der Waals surface area contributed by atoms with E-state index >= 15 is 0 Å². The van der Waals surface area contributed by atoms with Crippen LogP contribution in [0.5, 0.6) is 0 Å². The van der Waals surface area contributed by atoms with E-state index < -0.39 is 5.54 Å². The molecule has 2 heteroatoms. The van der Waals surface area contributed by atoms with Crippen molar-refractivity contribution >= 4 is 5.91 Å². The minimum absolute atomic E-state index is 0.161. The molecule has 0 spiro atoms. The van der Waals surface area contributed by atoms with Gasteiger partial charge in [0.15, 0.2) is 0 Å². The molecule has 0 heterocycles. The molecular formula is C26H27NO. The summed E-state index contributed by atoms with van der Waals surface area (Å²) in [5.41, 5.74) is 4.00. The molecule has 0 radical (unpaired) electrons. The first-order valence-electron chi connectivity index (χ1n) is 9.65. The van der Waals surface area contributed by atoms with Crippen molar-refractivity contribution < 1.29 is 4.79 Å². The maximum absolute atomic E-state index is 12.9. The molecule has 0 saturated heterocycles. The third kappa shape index (κ3) is 3.63. The van der Waals surface area contributed by atoms with E-state index in [0.717, 1.165) is 16.7 Å². The van der Waals surface area contributed by atoms with Crippen molar-refractivity contribution in [2.24, 2.45) is 0 Å². The van der Waals surface area contributed by atoms with Crippen molar-refractivity contribution in [2.75, 3.05) is 0 Å². The lowest BCUT2D eigenvalue weighted by Gasteiger charge is -2.39. The molecule has 3 rings (SSSR count). The zero-order valence-electron chi connectivity index (χ0n) is 16.8. The fraction of sp³-hybridized carbons (Fsp3) is 0.192. The first-order valence-corrected chi connectivity index (χ1v) is 9.65. The Hall–Kier alpha value is -3.13. The van der Waals surface area contributed by atoms with Gasteiger partial charge in [-0.05, 0) is 35.1 Å². The number of carbonyl (C=O) groups excluding carboxylic acids is 1. The van der Waals surface area contributed by atoms with Crippen LogP contribution in [0.25, 0.3) is 0 Å². The van der Waals surface area contributed by atoms with Crippen molar-refractivity contribution in [3.8, 4) is 0 Å². The molecule has 0 aliphatic heterocycles. The van der Waals surface area contributed by atoms with Crippen LogP contribution in [0.15, 0.2) is 97.1 Å². The molecule has 3 aromatic carbocycles. The monoisotopic (exact) mass is 369 g/mol. The smallest absolute Gasteiger partial charge is 0.247 e. The predicted molar refractivity (Wildman–Crippen MR) is 116 cm³/mol. The summed E-state index contributed by atoms with van der Waals surface area (Å²) in [4.78, 5) is 12.9. The summed E-state index contributed by atoms with van der Waals surface area (Å²) in [6, 6.07) is 28.7. The first-order chi connectivity index (χ1) is 13.5. The van der Waals surface area contributed by atoms with Gasteiger partial charge in [0.05, 0.1) is 0 Å². The lowest BCUT2D eigenvalue weighted by molar-refractivity contribution is -0.118. The zero-order chi connectivity index (χ0) is 20.1. The third-order valence-corrected chi connectivity index (χ3v) is 5.09. The highest BCUT2D eigenvalue weighted by Crippen LogP contribution is 2.40. The van der Waals surface area contributed by atoms with Crippen molar-refractivity contribution in [2.45, 2.75) is 32.2 Å². The number of benzene rings is 3. The highest BCUT2D eigenvalue weighted by atomic mass is 16.1. The van der Waals surface area contributed by atoms with Crippen molar-refractivity contribution in [3.63, 3.8) is 0 Å². The average Bonchev–Trinajstić information content (AvgIpc) is 2.73. The number of hydrogen-bond donors (Lipinski definition) is 1. The standard InChI is InChI=1S/C26H27NO/c1-19(2)23-17-11-12-18-24(23)26(27-25(28)20(3)4,21-13-7-5-8-14-21)22-15-9-6-10-16-22/h5-19H,3H2,1-2,4H3,(H,27,28). The van der Waals surface area contributed by atoms with Gasteiger partial charge in [-0.15, -0.1) is 0 Å². The van der Waals surface area contributed by atoms with Gasteiger partial charge in [0, 0.05) is 5.57 Å². The number of hydrogen-bond acceptors (Lipinski definition) is 1. The highest BCUT2D eigenvalue weighted by Gasteiger charge is 2.39. The van der Waals surface area contributed by atoms with E-state index in [-0.39, 0.29) is 5.91 Å². The maximum Gasteiger partial charge on any atom is 0.247 e. The Bertz CT molecular complexity index is 918. The fourth-order valence-corrected chi connectivity index (χ4v) is 3.68. The number of amides is 1. The molecule has 0 unspecified atom stereocenters. The summed E-state index contributed by atoms with van der Waals surface area (Å²) in [5, 5.41) is 3.34. The molecule has 3 aromatic rings. The summed E-state index contributed by atoms with van der Waals surface area (Å²) in [7, 11) is 0. The summed E-state index contributed by atoms with van der Waals surface area (Å²) in [6.45, 7) is 9.97. The van der Waals surface area contributed by atoms with Gasteiger partial charge in [0.1, 0.15) is 5.54 Å². The highest BCUT2D eigenvalue weighted by molar-refractivity contribution is 5.93. The van der Waals surface area contributed by atoms with Crippen LogP contribution in [-0.4, -0.2) is 5.91 Å². The van der Waals surface area contributed by atoms with Crippen LogP contribution >= 0.6 is 0 Å². The van der Waals surface area contributed by atoms with E-state index in [4.69, 9.17) is 0 Å². The molecule has 1 amide bonds. The van der Waals surface area contributed by atoms with Gasteiger partial charge in [0.25, 0.3) is 0 Å². The predicted octanol–water partition coefficient (Wildman–Crippen LogP) is 5.79. The second-order valence-corrected chi connectivity index (χ2v) is 7.46. The van der Waals surface area contributed by atoms with Gasteiger partial charge in [-0.1, -0.05) is 105 Å². The Morgan fingerprint density at radius 2 is 1.29 bits per heavy atom. The minimum Gasteiger partial charge on any atom is -0.335 e. The molecule has 2 nitrogen and oxygen atoms in total. The van der Waals surface area contributed by atoms with Gasteiger partial charge in [-0.25, -0.2) is 0 Å². The van der Waals surface area contributed by atoms with Gasteiger partial charge >= 0.3 is 0 Å². The Morgan fingerprint density at radius 3 is 1.75 bits per heavy atom. The third-order valence-electron chi connectivity index (χ3n) is 5.09. The number of carbonyl (C=O) groups is 1. The Morgan fingerprint density at radius 1 is 0.821 bits per heavy atom. The van der Waals surface area contributed by atoms with E-state index in [9.17, 15) is 4.79 Å². The van der Waals surface area contributed by atoms with Crippen LogP contribution in [0.1, 0.15) is 48.9 Å². The maximum atomic E-state index is 12.9. The SMILES string of the molecule is C=C(C)C(=O)NC(c1ccccc1)(c1ccccc1)c1ccccc1C(C)C. The molecule has 1 N–H and O–H groups in total. The van der Waals surface area contributed by atoms with Gasteiger partial charge in [0.2, 0.25) is 5.91 Å². The van der Waals surface area contributed by atoms with Crippen LogP contribution < -0.4 is 5.32 Å². The molecule has 0 aliphatic carbocycles. The van der Waals surface area contributed by atoms with E-state index in [1.165, 1.54) is 5.56 Å². The van der Waals surface area contributed by atoms with Crippen LogP contribution in [0.2, 0.25) is 0 Å². The summed E-state index contributed by atoms with van der Waals surface area (Å²) >= 11 is 0. The van der Waals surface area contributed by atoms with Crippen LogP contribution in [0.3, 0.4) is 0 Å². The van der Waals surface area contributed by atoms with Crippen LogP contribution in [0.4, 0.5) is 0 Å². The molecule has 0 aliphatic rings. The largest absolute Gasteiger partial charge is 0.335 e. The van der Waals surface area contributed by atoms with Crippen molar-refractivity contribution in [3.05, 3.63) is 119 Å². The molecule has 28 heavy (non-hydrogen) atoms. The van der Waals surface area contributed by atoms with E-state index in [0.29, 0.717) is 11.5 Å². The minimum atomic E-state index is -0.806. The van der Waals surface area contributed by atoms with Crippen LogP contribution in [-0.2, 0) is 10.3 Å². The van der Waals surface area contributed by atoms with Crippen LogP contribution in [0, 0.1) is 0 Å². The number of rotatable bonds is 6. The fourth-order valence-electron chi connectivity index (χ4n) is 3.68. The molecule has 0 bridgehead atoms. The molecule has 0 fully saturated rings. The lowest BCUT2D eigenvalue weighted by atomic mass is 9.73. The lowest BCUT2D eigenvalue weighted by Crippen LogP contribution is -2.48. The van der Waals surface area contributed by atoms with E-state index in [1.54, 1.807) is 6.92 Å². The van der Waals surface area contributed by atoms with Gasteiger partial charge in [-0.3, -0.25) is 4.79 Å². The van der Waals surface area contributed by atoms with E-state index in [1.807, 2.05) is 42.5 Å². The molecule has 142 valence electrons. The second kappa shape index (κ2) is 8.26. The van der Waals surface area contributed by atoms with E-state index in [2.05, 4.69) is 68.2 Å².